The smallest absolute Gasteiger partial charge is 0.261 e. The predicted molar refractivity (Wildman–Crippen MR) is 109 cm³/mol. The summed E-state index contributed by atoms with van der Waals surface area (Å²) >= 11 is 0. The fourth-order valence-corrected chi connectivity index (χ4v) is 4.13. The first-order chi connectivity index (χ1) is 12.8. The number of anilines is 1. The van der Waals surface area contributed by atoms with Gasteiger partial charge in [-0.3, -0.25) is 9.52 Å². The number of benzene rings is 2. The van der Waals surface area contributed by atoms with E-state index in [2.05, 4.69) is 10.0 Å². The van der Waals surface area contributed by atoms with Gasteiger partial charge in [-0.05, 0) is 61.9 Å². The largest absolute Gasteiger partial charge is 0.333 e. The van der Waals surface area contributed by atoms with Crippen molar-refractivity contribution in [3.8, 4) is 0 Å². The van der Waals surface area contributed by atoms with Gasteiger partial charge < -0.3 is 10.2 Å². The Bertz CT molecular complexity index is 951. The molecule has 0 unspecified atom stereocenters. The van der Waals surface area contributed by atoms with Gasteiger partial charge in [0.25, 0.3) is 15.9 Å². The predicted octanol–water partition coefficient (Wildman–Crippen LogP) is 2.79. The zero-order valence-electron chi connectivity index (χ0n) is 15.6. The van der Waals surface area contributed by atoms with Crippen LogP contribution in [0.25, 0.3) is 0 Å². The number of nitrogens with zero attached hydrogens (tertiary/aromatic N) is 1. The number of carbonyl (C=O) groups is 1. The van der Waals surface area contributed by atoms with Crippen molar-refractivity contribution in [2.75, 3.05) is 24.4 Å². The fraction of sp³-hybridized carbons (Fsp3) is 0.316. The van der Waals surface area contributed by atoms with Crippen molar-refractivity contribution in [2.24, 2.45) is 0 Å². The van der Waals surface area contributed by atoms with E-state index in [0.717, 1.165) is 19.2 Å². The van der Waals surface area contributed by atoms with Crippen molar-refractivity contribution >= 4 is 34.0 Å². The number of nitrogens with one attached hydrogen (secondary N) is 2. The molecule has 0 bridgehead atoms. The summed E-state index contributed by atoms with van der Waals surface area (Å²) in [4.78, 5) is 14.4. The Morgan fingerprint density at radius 3 is 2.50 bits per heavy atom. The van der Waals surface area contributed by atoms with Crippen LogP contribution in [0.1, 0.15) is 22.8 Å². The maximum atomic E-state index is 13.4. The molecule has 0 spiro atoms. The normalized spacial score (nSPS) is 17.0. The molecule has 1 amide bonds. The summed E-state index contributed by atoms with van der Waals surface area (Å²) in [7, 11) is -3.84. The highest BCUT2D eigenvalue weighted by atomic mass is 35.5. The first-order valence-corrected chi connectivity index (χ1v) is 10.2. The summed E-state index contributed by atoms with van der Waals surface area (Å²) in [6.07, 6.45) is 0. The second kappa shape index (κ2) is 8.89. The minimum atomic E-state index is -3.84. The summed E-state index contributed by atoms with van der Waals surface area (Å²) in [5.41, 5.74) is 1.09. The molecule has 1 heterocycles. The van der Waals surface area contributed by atoms with Crippen molar-refractivity contribution in [2.45, 2.75) is 24.8 Å². The van der Waals surface area contributed by atoms with Gasteiger partial charge in [0.05, 0.1) is 4.90 Å². The van der Waals surface area contributed by atoms with Crippen molar-refractivity contribution in [1.82, 2.24) is 10.2 Å². The Morgan fingerprint density at radius 2 is 1.89 bits per heavy atom. The van der Waals surface area contributed by atoms with Crippen molar-refractivity contribution in [1.29, 1.82) is 0 Å². The first kappa shape index (κ1) is 22.1. The number of piperazine rings is 1. The maximum absolute atomic E-state index is 13.4. The quantitative estimate of drug-likeness (QED) is 0.786. The van der Waals surface area contributed by atoms with E-state index >= 15 is 0 Å². The summed E-state index contributed by atoms with van der Waals surface area (Å²) in [5, 5.41) is 3.23. The number of amides is 1. The zero-order valence-corrected chi connectivity index (χ0v) is 17.2. The lowest BCUT2D eigenvalue weighted by molar-refractivity contribution is 0.0656. The lowest BCUT2D eigenvalue weighted by Gasteiger charge is -2.34. The number of carbonyl (C=O) groups excluding carboxylic acids is 1. The Labute approximate surface area is 170 Å². The van der Waals surface area contributed by atoms with Gasteiger partial charge in [0.15, 0.2) is 0 Å². The van der Waals surface area contributed by atoms with Gasteiger partial charge in [0.2, 0.25) is 0 Å². The van der Waals surface area contributed by atoms with E-state index in [0.29, 0.717) is 17.8 Å². The number of hydrogen-bond donors (Lipinski definition) is 2. The van der Waals surface area contributed by atoms with Crippen LogP contribution in [0.2, 0.25) is 0 Å². The molecule has 0 saturated carbocycles. The van der Waals surface area contributed by atoms with Gasteiger partial charge >= 0.3 is 0 Å². The van der Waals surface area contributed by atoms with Gasteiger partial charge in [-0.1, -0.05) is 0 Å². The third kappa shape index (κ3) is 4.81. The average Bonchev–Trinajstić information content (AvgIpc) is 2.64. The van der Waals surface area contributed by atoms with Crippen molar-refractivity contribution in [3.63, 3.8) is 0 Å². The third-order valence-corrected chi connectivity index (χ3v) is 5.96. The molecule has 6 nitrogen and oxygen atoms in total. The van der Waals surface area contributed by atoms with E-state index in [1.165, 1.54) is 19.1 Å². The Morgan fingerprint density at radius 1 is 1.21 bits per heavy atom. The van der Waals surface area contributed by atoms with Gasteiger partial charge in [0, 0.05) is 36.9 Å². The van der Waals surface area contributed by atoms with Crippen molar-refractivity contribution in [3.05, 3.63) is 59.4 Å². The Kier molecular flexibility index (Phi) is 7.03. The van der Waals surface area contributed by atoms with E-state index in [9.17, 15) is 17.6 Å². The standard InChI is InChI=1S/C19H22FN3O3S.ClH/c1-13-11-17(7-8-18(13)20)27(25,26)22-16-5-3-15(4-6-16)19(24)23-10-9-21-12-14(23)2;/h3-8,11,14,21-22H,9-10,12H2,1-2H3;1H/t14-;/m1./s1. The summed E-state index contributed by atoms with van der Waals surface area (Å²) < 4.78 is 40.7. The van der Waals surface area contributed by atoms with Crippen LogP contribution in [0.15, 0.2) is 47.4 Å². The Balaban J connectivity index is 0.00000280. The van der Waals surface area contributed by atoms with E-state index in [1.807, 2.05) is 6.92 Å². The second-order valence-corrected chi connectivity index (χ2v) is 8.33. The summed E-state index contributed by atoms with van der Waals surface area (Å²) in [6.45, 7) is 5.63. The molecule has 1 atom stereocenters. The van der Waals surface area contributed by atoms with Gasteiger partial charge in [-0.25, -0.2) is 12.8 Å². The van der Waals surface area contributed by atoms with E-state index in [-0.39, 0.29) is 34.8 Å². The number of sulfonamides is 1. The van der Waals surface area contributed by atoms with E-state index < -0.39 is 15.8 Å². The van der Waals surface area contributed by atoms with Crippen LogP contribution in [0, 0.1) is 12.7 Å². The molecule has 1 fully saturated rings. The van der Waals surface area contributed by atoms with Gasteiger partial charge in [0.1, 0.15) is 5.82 Å². The molecule has 0 radical (unpaired) electrons. The second-order valence-electron chi connectivity index (χ2n) is 6.65. The molecule has 2 N–H and O–H groups in total. The minimum absolute atomic E-state index is 0. The SMILES string of the molecule is Cc1cc(S(=O)(=O)Nc2ccc(C(=O)N3CCNC[C@H]3C)cc2)ccc1F.Cl. The molecule has 2 aromatic rings. The summed E-state index contributed by atoms with van der Waals surface area (Å²) in [5.74, 6) is -0.536. The molecule has 9 heteroatoms. The van der Waals surface area contributed by atoms with Crippen LogP contribution in [-0.4, -0.2) is 44.9 Å². The van der Waals surface area contributed by atoms with E-state index in [4.69, 9.17) is 0 Å². The molecular weight excluding hydrogens is 405 g/mol. The molecule has 1 aliphatic heterocycles. The number of hydrogen-bond acceptors (Lipinski definition) is 4. The Hall–Kier alpha value is -2.16. The highest BCUT2D eigenvalue weighted by Gasteiger charge is 2.24. The topological polar surface area (TPSA) is 78.5 Å². The fourth-order valence-electron chi connectivity index (χ4n) is 2.99. The molecule has 1 saturated heterocycles. The number of aryl methyl sites for hydroxylation is 1. The number of rotatable bonds is 4. The van der Waals surface area contributed by atoms with Crippen LogP contribution in [-0.2, 0) is 10.0 Å². The molecule has 2 aromatic carbocycles. The summed E-state index contributed by atoms with van der Waals surface area (Å²) in [6, 6.07) is 10.0. The van der Waals surface area contributed by atoms with Crippen LogP contribution >= 0.6 is 12.4 Å². The molecule has 3 rings (SSSR count). The van der Waals surface area contributed by atoms with Crippen LogP contribution in [0.3, 0.4) is 0 Å². The van der Waals surface area contributed by atoms with E-state index in [1.54, 1.807) is 29.2 Å². The highest BCUT2D eigenvalue weighted by Crippen LogP contribution is 2.20. The first-order valence-electron chi connectivity index (χ1n) is 8.68. The maximum Gasteiger partial charge on any atom is 0.261 e. The zero-order chi connectivity index (χ0) is 19.6. The molecular formula is C19H23ClFN3O3S. The molecule has 28 heavy (non-hydrogen) atoms. The van der Waals surface area contributed by atoms with Crippen LogP contribution in [0.5, 0.6) is 0 Å². The lowest BCUT2D eigenvalue weighted by atomic mass is 10.1. The van der Waals surface area contributed by atoms with Crippen LogP contribution in [0.4, 0.5) is 10.1 Å². The van der Waals surface area contributed by atoms with Gasteiger partial charge in [-0.2, -0.15) is 0 Å². The van der Waals surface area contributed by atoms with Crippen molar-refractivity contribution < 1.29 is 17.6 Å². The lowest BCUT2D eigenvalue weighted by Crippen LogP contribution is -2.52. The average molecular weight is 428 g/mol. The molecule has 152 valence electrons. The minimum Gasteiger partial charge on any atom is -0.333 e. The number of halogens is 2. The monoisotopic (exact) mass is 427 g/mol. The third-order valence-electron chi connectivity index (χ3n) is 4.59. The van der Waals surface area contributed by atoms with Gasteiger partial charge in [-0.15, -0.1) is 12.4 Å². The molecule has 0 aliphatic carbocycles. The molecule has 1 aliphatic rings. The van der Waals surface area contributed by atoms with Crippen LogP contribution < -0.4 is 10.0 Å². The molecule has 0 aromatic heterocycles. The highest BCUT2D eigenvalue weighted by molar-refractivity contribution is 7.92.